The SMILES string of the molecule is CSC1(CNCC2Cc3cc(Br)ccc3O2)CCC1. The van der Waals surface area contributed by atoms with E-state index >= 15 is 0 Å². The van der Waals surface area contributed by atoms with Gasteiger partial charge < -0.3 is 10.1 Å². The molecule has 1 aliphatic carbocycles. The molecule has 1 atom stereocenters. The second-order valence-corrected chi connectivity index (χ2v) is 7.76. The van der Waals surface area contributed by atoms with Gasteiger partial charge in [-0.05, 0) is 42.9 Å². The lowest BCUT2D eigenvalue weighted by Crippen LogP contribution is -2.45. The molecule has 0 spiro atoms. The Balaban J connectivity index is 1.48. The van der Waals surface area contributed by atoms with E-state index in [-0.39, 0.29) is 0 Å². The highest BCUT2D eigenvalue weighted by Crippen LogP contribution is 2.42. The number of thioether (sulfide) groups is 1. The Kier molecular flexibility index (Phi) is 4.11. The van der Waals surface area contributed by atoms with Crippen molar-refractivity contribution in [3.8, 4) is 5.75 Å². The summed E-state index contributed by atoms with van der Waals surface area (Å²) in [6.07, 6.45) is 7.67. The normalized spacial score (nSPS) is 23.6. The average molecular weight is 342 g/mol. The quantitative estimate of drug-likeness (QED) is 0.883. The summed E-state index contributed by atoms with van der Waals surface area (Å²) in [5.74, 6) is 1.05. The van der Waals surface area contributed by atoms with E-state index in [1.54, 1.807) is 0 Å². The van der Waals surface area contributed by atoms with Crippen LogP contribution >= 0.6 is 27.7 Å². The van der Waals surface area contributed by atoms with E-state index in [9.17, 15) is 0 Å². The molecule has 0 aromatic heterocycles. The topological polar surface area (TPSA) is 21.3 Å². The molecule has 1 aromatic rings. The highest BCUT2D eigenvalue weighted by molar-refractivity contribution is 9.10. The van der Waals surface area contributed by atoms with Crippen LogP contribution in [-0.2, 0) is 6.42 Å². The molecule has 104 valence electrons. The van der Waals surface area contributed by atoms with E-state index in [4.69, 9.17) is 4.74 Å². The smallest absolute Gasteiger partial charge is 0.123 e. The summed E-state index contributed by atoms with van der Waals surface area (Å²) in [5.41, 5.74) is 1.32. The van der Waals surface area contributed by atoms with Crippen molar-refractivity contribution in [2.24, 2.45) is 0 Å². The number of hydrogen-bond acceptors (Lipinski definition) is 3. The molecule has 1 saturated carbocycles. The zero-order valence-electron chi connectivity index (χ0n) is 11.2. The van der Waals surface area contributed by atoms with Gasteiger partial charge in [0.15, 0.2) is 0 Å². The average Bonchev–Trinajstić information content (AvgIpc) is 2.74. The van der Waals surface area contributed by atoms with E-state index in [2.05, 4.69) is 39.6 Å². The number of nitrogens with one attached hydrogen (secondary N) is 1. The summed E-state index contributed by atoms with van der Waals surface area (Å²) >= 11 is 5.54. The summed E-state index contributed by atoms with van der Waals surface area (Å²) in [5, 5.41) is 3.61. The molecule has 1 unspecified atom stereocenters. The zero-order valence-corrected chi connectivity index (χ0v) is 13.6. The molecule has 4 heteroatoms. The fourth-order valence-corrected chi connectivity index (χ4v) is 4.24. The first kappa shape index (κ1) is 13.8. The maximum Gasteiger partial charge on any atom is 0.123 e. The molecular formula is C15H20BrNOS. The molecule has 1 heterocycles. The lowest BCUT2D eigenvalue weighted by atomic mass is 9.84. The monoisotopic (exact) mass is 341 g/mol. The van der Waals surface area contributed by atoms with Gasteiger partial charge in [0.2, 0.25) is 0 Å². The number of benzene rings is 1. The van der Waals surface area contributed by atoms with Crippen molar-refractivity contribution in [3.05, 3.63) is 28.2 Å². The summed E-state index contributed by atoms with van der Waals surface area (Å²) in [6, 6.07) is 6.28. The predicted octanol–water partition coefficient (Wildman–Crippen LogP) is 3.63. The number of ether oxygens (including phenoxy) is 1. The Hall–Kier alpha value is -0.190. The molecule has 1 N–H and O–H groups in total. The van der Waals surface area contributed by atoms with Crippen LogP contribution in [0.4, 0.5) is 0 Å². The minimum Gasteiger partial charge on any atom is -0.488 e. The van der Waals surface area contributed by atoms with Gasteiger partial charge in [0.05, 0.1) is 0 Å². The maximum atomic E-state index is 5.97. The van der Waals surface area contributed by atoms with Crippen molar-refractivity contribution in [1.29, 1.82) is 0 Å². The Labute approximate surface area is 127 Å². The summed E-state index contributed by atoms with van der Waals surface area (Å²) in [4.78, 5) is 0. The molecule has 1 fully saturated rings. The van der Waals surface area contributed by atoms with Crippen molar-refractivity contribution in [1.82, 2.24) is 5.32 Å². The summed E-state index contributed by atoms with van der Waals surface area (Å²) in [6.45, 7) is 2.07. The maximum absolute atomic E-state index is 5.97. The van der Waals surface area contributed by atoms with E-state index in [0.717, 1.165) is 29.7 Å². The van der Waals surface area contributed by atoms with Crippen LogP contribution in [0.15, 0.2) is 22.7 Å². The molecular weight excluding hydrogens is 322 g/mol. The Bertz CT molecular complexity index is 456. The van der Waals surface area contributed by atoms with Gasteiger partial charge in [0.1, 0.15) is 11.9 Å². The lowest BCUT2D eigenvalue weighted by Gasteiger charge is -2.40. The molecule has 2 aliphatic rings. The third kappa shape index (κ3) is 2.96. The minimum atomic E-state index is 0.295. The van der Waals surface area contributed by atoms with Gasteiger partial charge >= 0.3 is 0 Å². The summed E-state index contributed by atoms with van der Waals surface area (Å²) < 4.78 is 7.62. The molecule has 1 aromatic carbocycles. The van der Waals surface area contributed by atoms with Gasteiger partial charge in [-0.15, -0.1) is 0 Å². The van der Waals surface area contributed by atoms with Gasteiger partial charge in [-0.2, -0.15) is 11.8 Å². The second-order valence-electron chi connectivity index (χ2n) is 5.57. The highest BCUT2D eigenvalue weighted by atomic mass is 79.9. The Morgan fingerprint density at radius 3 is 3.00 bits per heavy atom. The standard InChI is InChI=1S/C15H20BrNOS/c1-19-15(5-2-6-15)10-17-9-13-8-11-7-12(16)3-4-14(11)18-13/h3-4,7,13,17H,2,5-6,8-10H2,1H3. The van der Waals surface area contributed by atoms with Crippen LogP contribution in [-0.4, -0.2) is 30.2 Å². The third-order valence-electron chi connectivity index (χ3n) is 4.28. The number of halogens is 1. The Morgan fingerprint density at radius 2 is 2.32 bits per heavy atom. The minimum absolute atomic E-state index is 0.295. The van der Waals surface area contributed by atoms with Crippen molar-refractivity contribution < 1.29 is 4.74 Å². The van der Waals surface area contributed by atoms with E-state index < -0.39 is 0 Å². The zero-order chi connectivity index (χ0) is 13.3. The number of fused-ring (bicyclic) bond motifs is 1. The molecule has 0 bridgehead atoms. The second kappa shape index (κ2) is 5.66. The van der Waals surface area contributed by atoms with Crippen molar-refractivity contribution in [3.63, 3.8) is 0 Å². The number of rotatable bonds is 5. The van der Waals surface area contributed by atoms with E-state index in [1.807, 2.05) is 17.8 Å². The van der Waals surface area contributed by atoms with Crippen LogP contribution < -0.4 is 10.1 Å². The Morgan fingerprint density at radius 1 is 1.47 bits per heavy atom. The number of hydrogen-bond donors (Lipinski definition) is 1. The fraction of sp³-hybridized carbons (Fsp3) is 0.600. The van der Waals surface area contributed by atoms with Crippen LogP contribution in [0.2, 0.25) is 0 Å². The van der Waals surface area contributed by atoms with Crippen LogP contribution in [0, 0.1) is 0 Å². The fourth-order valence-electron chi connectivity index (χ4n) is 2.89. The molecule has 0 amide bonds. The van der Waals surface area contributed by atoms with Crippen molar-refractivity contribution in [2.45, 2.75) is 36.5 Å². The van der Waals surface area contributed by atoms with Gasteiger partial charge in [0.25, 0.3) is 0 Å². The van der Waals surface area contributed by atoms with Crippen molar-refractivity contribution >= 4 is 27.7 Å². The predicted molar refractivity (Wildman–Crippen MR) is 85.2 cm³/mol. The van der Waals surface area contributed by atoms with Gasteiger partial charge in [-0.1, -0.05) is 22.4 Å². The van der Waals surface area contributed by atoms with Crippen LogP contribution in [0.3, 0.4) is 0 Å². The summed E-state index contributed by atoms with van der Waals surface area (Å²) in [7, 11) is 0. The highest BCUT2D eigenvalue weighted by Gasteiger charge is 2.36. The van der Waals surface area contributed by atoms with Gasteiger partial charge in [-0.25, -0.2) is 0 Å². The van der Waals surface area contributed by atoms with Gasteiger partial charge in [0, 0.05) is 28.7 Å². The molecule has 3 rings (SSSR count). The molecule has 2 nitrogen and oxygen atoms in total. The van der Waals surface area contributed by atoms with Crippen LogP contribution in [0.25, 0.3) is 0 Å². The lowest BCUT2D eigenvalue weighted by molar-refractivity contribution is 0.221. The molecule has 19 heavy (non-hydrogen) atoms. The molecule has 0 radical (unpaired) electrons. The molecule has 0 saturated heterocycles. The van der Waals surface area contributed by atoms with E-state index in [1.165, 1.54) is 24.8 Å². The first-order valence-electron chi connectivity index (χ1n) is 6.92. The first-order valence-corrected chi connectivity index (χ1v) is 8.93. The van der Waals surface area contributed by atoms with Crippen LogP contribution in [0.5, 0.6) is 5.75 Å². The van der Waals surface area contributed by atoms with E-state index in [0.29, 0.717) is 10.9 Å². The van der Waals surface area contributed by atoms with Crippen molar-refractivity contribution in [2.75, 3.05) is 19.3 Å². The largest absolute Gasteiger partial charge is 0.488 e. The van der Waals surface area contributed by atoms with Crippen LogP contribution in [0.1, 0.15) is 24.8 Å². The first-order chi connectivity index (χ1) is 9.21. The molecule has 1 aliphatic heterocycles. The van der Waals surface area contributed by atoms with Gasteiger partial charge in [-0.3, -0.25) is 0 Å². The third-order valence-corrected chi connectivity index (χ3v) is 6.19.